The number of aryl methyl sites for hydroxylation is 2. The Bertz CT molecular complexity index is 851. The monoisotopic (exact) mass is 319 g/mol. The summed E-state index contributed by atoms with van der Waals surface area (Å²) in [5, 5.41) is 7.28. The first-order valence-electron chi connectivity index (χ1n) is 8.03. The summed E-state index contributed by atoms with van der Waals surface area (Å²) in [7, 11) is 0. The number of hydrogen-bond donors (Lipinski definition) is 1. The third kappa shape index (κ3) is 3.90. The molecule has 0 spiro atoms. The van der Waals surface area contributed by atoms with E-state index in [0.29, 0.717) is 13.0 Å². The molecule has 0 bridgehead atoms. The Balaban J connectivity index is 1.69. The zero-order valence-electron chi connectivity index (χ0n) is 14.0. The van der Waals surface area contributed by atoms with Crippen LogP contribution in [0.15, 0.2) is 60.8 Å². The second kappa shape index (κ2) is 7.13. The number of aromatic nitrogens is 2. The van der Waals surface area contributed by atoms with Crippen LogP contribution in [-0.4, -0.2) is 15.7 Å². The molecule has 0 aliphatic heterocycles. The molecule has 122 valence electrons. The van der Waals surface area contributed by atoms with Gasteiger partial charge in [0, 0.05) is 6.07 Å². The van der Waals surface area contributed by atoms with Crippen LogP contribution in [0.5, 0.6) is 0 Å². The van der Waals surface area contributed by atoms with Crippen molar-refractivity contribution in [3.05, 3.63) is 83.0 Å². The Morgan fingerprint density at radius 3 is 2.71 bits per heavy atom. The highest BCUT2D eigenvalue weighted by atomic mass is 16.1. The minimum absolute atomic E-state index is 0.0321. The molecule has 4 heteroatoms. The van der Waals surface area contributed by atoms with Crippen molar-refractivity contribution in [1.29, 1.82) is 0 Å². The van der Waals surface area contributed by atoms with Crippen LogP contribution in [0.4, 0.5) is 5.82 Å². The predicted octanol–water partition coefficient (Wildman–Crippen LogP) is 3.73. The van der Waals surface area contributed by atoms with E-state index in [2.05, 4.69) is 35.5 Å². The molecule has 2 aromatic carbocycles. The van der Waals surface area contributed by atoms with E-state index in [9.17, 15) is 4.79 Å². The van der Waals surface area contributed by atoms with Crippen molar-refractivity contribution in [3.63, 3.8) is 0 Å². The Hall–Kier alpha value is -2.88. The fraction of sp³-hybridized carbons (Fsp3) is 0.200. The van der Waals surface area contributed by atoms with Crippen LogP contribution in [0.25, 0.3) is 0 Å². The lowest BCUT2D eigenvalue weighted by molar-refractivity contribution is -0.115. The third-order valence-corrected chi connectivity index (χ3v) is 4.01. The van der Waals surface area contributed by atoms with E-state index in [1.807, 2.05) is 48.0 Å². The molecule has 1 amide bonds. The number of nitrogens with zero attached hydrogens (tertiary/aromatic N) is 2. The maximum absolute atomic E-state index is 12.3. The fourth-order valence-electron chi connectivity index (χ4n) is 2.72. The zero-order chi connectivity index (χ0) is 16.9. The molecule has 0 aliphatic rings. The van der Waals surface area contributed by atoms with Crippen molar-refractivity contribution in [3.8, 4) is 0 Å². The van der Waals surface area contributed by atoms with Crippen LogP contribution in [0.1, 0.15) is 22.3 Å². The van der Waals surface area contributed by atoms with Gasteiger partial charge in [-0.15, -0.1) is 0 Å². The van der Waals surface area contributed by atoms with E-state index >= 15 is 0 Å². The summed E-state index contributed by atoms with van der Waals surface area (Å²) < 4.78 is 1.81. The first kappa shape index (κ1) is 16.0. The summed E-state index contributed by atoms with van der Waals surface area (Å²) in [6.45, 7) is 4.72. The number of hydrogen-bond acceptors (Lipinski definition) is 2. The molecular weight excluding hydrogens is 298 g/mol. The van der Waals surface area contributed by atoms with Crippen LogP contribution in [0.2, 0.25) is 0 Å². The number of nitrogens with one attached hydrogen (secondary N) is 1. The Morgan fingerprint density at radius 1 is 1.08 bits per heavy atom. The van der Waals surface area contributed by atoms with E-state index in [-0.39, 0.29) is 5.91 Å². The lowest BCUT2D eigenvalue weighted by atomic mass is 10.1. The van der Waals surface area contributed by atoms with Crippen LogP contribution < -0.4 is 5.32 Å². The van der Waals surface area contributed by atoms with E-state index < -0.39 is 0 Å². The summed E-state index contributed by atoms with van der Waals surface area (Å²) in [5.74, 6) is 0.686. The number of amides is 1. The lowest BCUT2D eigenvalue weighted by Gasteiger charge is -2.10. The van der Waals surface area contributed by atoms with E-state index in [1.165, 1.54) is 5.56 Å². The van der Waals surface area contributed by atoms with Crippen molar-refractivity contribution in [2.75, 3.05) is 5.32 Å². The van der Waals surface area contributed by atoms with Crippen LogP contribution in [0.3, 0.4) is 0 Å². The van der Waals surface area contributed by atoms with E-state index in [0.717, 1.165) is 22.5 Å². The number of carbonyl (C=O) groups excluding carboxylic acids is 1. The van der Waals surface area contributed by atoms with Crippen LogP contribution in [0, 0.1) is 13.8 Å². The first-order valence-corrected chi connectivity index (χ1v) is 8.03. The molecule has 0 fully saturated rings. The molecule has 3 rings (SSSR count). The van der Waals surface area contributed by atoms with Crippen LogP contribution >= 0.6 is 0 Å². The van der Waals surface area contributed by atoms with Gasteiger partial charge in [-0.25, -0.2) is 4.68 Å². The van der Waals surface area contributed by atoms with Gasteiger partial charge < -0.3 is 5.32 Å². The molecule has 0 unspecified atom stereocenters. The van der Waals surface area contributed by atoms with Gasteiger partial charge in [0.1, 0.15) is 5.82 Å². The molecule has 4 nitrogen and oxygen atoms in total. The van der Waals surface area contributed by atoms with Gasteiger partial charge in [-0.3, -0.25) is 4.79 Å². The molecule has 1 heterocycles. The highest BCUT2D eigenvalue weighted by molar-refractivity contribution is 5.91. The third-order valence-electron chi connectivity index (χ3n) is 4.01. The minimum Gasteiger partial charge on any atom is -0.311 e. The fourth-order valence-corrected chi connectivity index (χ4v) is 2.72. The highest BCUT2D eigenvalue weighted by Crippen LogP contribution is 2.13. The first-order chi connectivity index (χ1) is 11.6. The summed E-state index contributed by atoms with van der Waals surface area (Å²) in [4.78, 5) is 12.3. The van der Waals surface area contributed by atoms with E-state index in [1.54, 1.807) is 6.20 Å². The summed E-state index contributed by atoms with van der Waals surface area (Å²) >= 11 is 0. The van der Waals surface area contributed by atoms with Crippen molar-refractivity contribution in [2.24, 2.45) is 0 Å². The minimum atomic E-state index is -0.0321. The Labute approximate surface area is 142 Å². The lowest BCUT2D eigenvalue weighted by Crippen LogP contribution is -2.18. The van der Waals surface area contributed by atoms with Gasteiger partial charge in [-0.05, 0) is 30.5 Å². The summed E-state index contributed by atoms with van der Waals surface area (Å²) in [6.07, 6.45) is 2.07. The maximum atomic E-state index is 12.3. The average Bonchev–Trinajstić information content (AvgIpc) is 2.96. The molecule has 1 aromatic heterocycles. The number of benzene rings is 2. The summed E-state index contributed by atoms with van der Waals surface area (Å²) in [5.41, 5.74) is 4.54. The smallest absolute Gasteiger partial charge is 0.229 e. The Morgan fingerprint density at radius 2 is 1.92 bits per heavy atom. The molecule has 1 N–H and O–H groups in total. The number of carbonyl (C=O) groups is 1. The molecule has 0 radical (unpaired) electrons. The summed E-state index contributed by atoms with van der Waals surface area (Å²) in [6, 6.07) is 18.1. The highest BCUT2D eigenvalue weighted by Gasteiger charge is 2.10. The number of rotatable bonds is 5. The second-order valence-electron chi connectivity index (χ2n) is 6.01. The maximum Gasteiger partial charge on any atom is 0.229 e. The SMILES string of the molecule is Cc1cccc(Cn2nccc2NC(=O)Cc2ccccc2C)c1. The van der Waals surface area contributed by atoms with Gasteiger partial charge in [-0.2, -0.15) is 5.10 Å². The average molecular weight is 319 g/mol. The van der Waals surface area contributed by atoms with Gasteiger partial charge in [0.15, 0.2) is 0 Å². The van der Waals surface area contributed by atoms with Gasteiger partial charge in [0.05, 0.1) is 19.2 Å². The molecule has 24 heavy (non-hydrogen) atoms. The van der Waals surface area contributed by atoms with Crippen molar-refractivity contribution >= 4 is 11.7 Å². The second-order valence-corrected chi connectivity index (χ2v) is 6.01. The quantitative estimate of drug-likeness (QED) is 0.779. The van der Waals surface area contributed by atoms with Gasteiger partial charge in [0.2, 0.25) is 5.91 Å². The molecule has 3 aromatic rings. The normalized spacial score (nSPS) is 10.6. The van der Waals surface area contributed by atoms with Crippen molar-refractivity contribution < 1.29 is 4.79 Å². The van der Waals surface area contributed by atoms with Gasteiger partial charge in [-0.1, -0.05) is 54.1 Å². The number of anilines is 1. The molecule has 0 atom stereocenters. The zero-order valence-corrected chi connectivity index (χ0v) is 14.0. The van der Waals surface area contributed by atoms with Gasteiger partial charge >= 0.3 is 0 Å². The van der Waals surface area contributed by atoms with Gasteiger partial charge in [0.25, 0.3) is 0 Å². The van der Waals surface area contributed by atoms with Crippen molar-refractivity contribution in [2.45, 2.75) is 26.8 Å². The Kier molecular flexibility index (Phi) is 4.75. The van der Waals surface area contributed by atoms with Crippen molar-refractivity contribution in [1.82, 2.24) is 9.78 Å². The molecule has 0 aliphatic carbocycles. The largest absolute Gasteiger partial charge is 0.311 e. The molecular formula is C20H21N3O. The molecule has 0 saturated carbocycles. The molecule has 0 saturated heterocycles. The predicted molar refractivity (Wildman–Crippen MR) is 96.0 cm³/mol. The standard InChI is InChI=1S/C20H21N3O/c1-15-6-5-8-17(12-15)14-23-19(10-11-21-23)22-20(24)13-18-9-4-3-7-16(18)2/h3-12H,13-14H2,1-2H3,(H,22,24). The topological polar surface area (TPSA) is 46.9 Å². The van der Waals surface area contributed by atoms with Crippen LogP contribution in [-0.2, 0) is 17.8 Å². The van der Waals surface area contributed by atoms with E-state index in [4.69, 9.17) is 0 Å².